The van der Waals surface area contributed by atoms with E-state index in [0.717, 1.165) is 18.4 Å². The Kier molecular flexibility index (Phi) is 5.62. The van der Waals surface area contributed by atoms with Crippen molar-refractivity contribution in [2.75, 3.05) is 13.2 Å². The Morgan fingerprint density at radius 3 is 2.62 bits per heavy atom. The predicted octanol–water partition coefficient (Wildman–Crippen LogP) is 3.18. The molecule has 0 saturated heterocycles. The molecule has 3 atom stereocenters. The maximum absolute atomic E-state index is 10.8. The molecular formula is C17H25NO3. The lowest BCUT2D eigenvalue weighted by atomic mass is 9.93. The van der Waals surface area contributed by atoms with E-state index in [2.05, 4.69) is 19.2 Å². The van der Waals surface area contributed by atoms with Crippen LogP contribution in [0.25, 0.3) is 0 Å². The number of rotatable bonds is 7. The Labute approximate surface area is 126 Å². The standard InChI is InChI=1S/C17H25NO3/c1-3-13-6-9-16(12(13)2)18-10-11-21-15-7-4-14(5-8-15)17(19)20/h4-5,7-8,12-13,16,18H,3,6,9-11H2,1-2H3,(H,19,20). The molecule has 1 aromatic carbocycles. The van der Waals surface area contributed by atoms with Gasteiger partial charge in [-0.2, -0.15) is 0 Å². The second-order valence-corrected chi connectivity index (χ2v) is 5.84. The average molecular weight is 291 g/mol. The van der Waals surface area contributed by atoms with Crippen molar-refractivity contribution in [2.45, 2.75) is 39.2 Å². The van der Waals surface area contributed by atoms with Gasteiger partial charge in [0.05, 0.1) is 5.56 Å². The van der Waals surface area contributed by atoms with Crippen LogP contribution in [0.2, 0.25) is 0 Å². The average Bonchev–Trinajstić information content (AvgIpc) is 2.84. The van der Waals surface area contributed by atoms with Gasteiger partial charge in [0.15, 0.2) is 0 Å². The molecule has 0 aromatic heterocycles. The second-order valence-electron chi connectivity index (χ2n) is 5.84. The van der Waals surface area contributed by atoms with E-state index in [4.69, 9.17) is 9.84 Å². The lowest BCUT2D eigenvalue weighted by molar-refractivity contribution is 0.0697. The maximum Gasteiger partial charge on any atom is 0.335 e. The van der Waals surface area contributed by atoms with Crippen molar-refractivity contribution in [1.29, 1.82) is 0 Å². The second kappa shape index (κ2) is 7.46. The number of aromatic carboxylic acids is 1. The zero-order valence-corrected chi connectivity index (χ0v) is 12.8. The third-order valence-electron chi connectivity index (χ3n) is 4.63. The fourth-order valence-electron chi connectivity index (χ4n) is 3.22. The van der Waals surface area contributed by atoms with E-state index in [-0.39, 0.29) is 5.56 Å². The summed E-state index contributed by atoms with van der Waals surface area (Å²) in [7, 11) is 0. The van der Waals surface area contributed by atoms with Crippen LogP contribution in [0.3, 0.4) is 0 Å². The van der Waals surface area contributed by atoms with Crippen molar-refractivity contribution in [2.24, 2.45) is 11.8 Å². The number of hydrogen-bond donors (Lipinski definition) is 2. The summed E-state index contributed by atoms with van der Waals surface area (Å²) in [6.07, 6.45) is 3.85. The van der Waals surface area contributed by atoms with Gasteiger partial charge >= 0.3 is 5.97 Å². The molecule has 1 aliphatic rings. The monoisotopic (exact) mass is 291 g/mol. The number of carboxylic acid groups (broad SMARTS) is 1. The molecule has 4 nitrogen and oxygen atoms in total. The maximum atomic E-state index is 10.8. The van der Waals surface area contributed by atoms with E-state index in [1.807, 2.05) is 0 Å². The molecule has 4 heteroatoms. The molecule has 1 saturated carbocycles. The van der Waals surface area contributed by atoms with Crippen molar-refractivity contribution in [3.05, 3.63) is 29.8 Å². The molecule has 2 N–H and O–H groups in total. The van der Waals surface area contributed by atoms with Crippen LogP contribution in [-0.2, 0) is 0 Å². The SMILES string of the molecule is CCC1CCC(NCCOc2ccc(C(=O)O)cc2)C1C. The van der Waals surface area contributed by atoms with Crippen LogP contribution in [-0.4, -0.2) is 30.3 Å². The minimum Gasteiger partial charge on any atom is -0.492 e. The number of hydrogen-bond acceptors (Lipinski definition) is 3. The summed E-state index contributed by atoms with van der Waals surface area (Å²) in [6.45, 7) is 6.04. The van der Waals surface area contributed by atoms with Crippen LogP contribution < -0.4 is 10.1 Å². The Bertz CT molecular complexity index is 458. The number of ether oxygens (including phenoxy) is 1. The molecular weight excluding hydrogens is 266 g/mol. The molecule has 0 radical (unpaired) electrons. The topological polar surface area (TPSA) is 58.6 Å². The van der Waals surface area contributed by atoms with Gasteiger partial charge in [0, 0.05) is 12.6 Å². The molecule has 0 aliphatic heterocycles. The van der Waals surface area contributed by atoms with Crippen molar-refractivity contribution in [3.63, 3.8) is 0 Å². The van der Waals surface area contributed by atoms with E-state index in [9.17, 15) is 4.79 Å². The van der Waals surface area contributed by atoms with Crippen molar-refractivity contribution < 1.29 is 14.6 Å². The minimum atomic E-state index is -0.913. The third kappa shape index (κ3) is 4.21. The van der Waals surface area contributed by atoms with Gasteiger partial charge in [-0.05, 0) is 48.9 Å². The highest BCUT2D eigenvalue weighted by molar-refractivity contribution is 5.87. The number of carboxylic acids is 1. The molecule has 0 amide bonds. The molecule has 21 heavy (non-hydrogen) atoms. The lowest BCUT2D eigenvalue weighted by Crippen LogP contribution is -2.35. The highest BCUT2D eigenvalue weighted by atomic mass is 16.5. The van der Waals surface area contributed by atoms with Crippen LogP contribution >= 0.6 is 0 Å². The van der Waals surface area contributed by atoms with Gasteiger partial charge in [-0.1, -0.05) is 20.3 Å². The van der Waals surface area contributed by atoms with Crippen molar-refractivity contribution in [1.82, 2.24) is 5.32 Å². The van der Waals surface area contributed by atoms with Gasteiger partial charge in [0.25, 0.3) is 0 Å². The predicted molar refractivity (Wildman–Crippen MR) is 82.9 cm³/mol. The molecule has 1 aromatic rings. The van der Waals surface area contributed by atoms with Gasteiger partial charge in [0.2, 0.25) is 0 Å². The first-order valence-corrected chi connectivity index (χ1v) is 7.81. The quantitative estimate of drug-likeness (QED) is 0.758. The van der Waals surface area contributed by atoms with E-state index < -0.39 is 5.97 Å². The van der Waals surface area contributed by atoms with Crippen LogP contribution in [0.5, 0.6) is 5.75 Å². The summed E-state index contributed by atoms with van der Waals surface area (Å²) in [5.41, 5.74) is 0.283. The van der Waals surface area contributed by atoms with Gasteiger partial charge in [-0.25, -0.2) is 4.79 Å². The van der Waals surface area contributed by atoms with Crippen molar-refractivity contribution in [3.8, 4) is 5.75 Å². The Morgan fingerprint density at radius 1 is 1.33 bits per heavy atom. The summed E-state index contributed by atoms with van der Waals surface area (Å²) >= 11 is 0. The molecule has 0 heterocycles. The summed E-state index contributed by atoms with van der Waals surface area (Å²) in [6, 6.07) is 7.14. The fourth-order valence-corrected chi connectivity index (χ4v) is 3.22. The van der Waals surface area contributed by atoms with Crippen LogP contribution in [0.4, 0.5) is 0 Å². The molecule has 3 unspecified atom stereocenters. The number of carbonyl (C=O) groups is 1. The number of benzene rings is 1. The fraction of sp³-hybridized carbons (Fsp3) is 0.588. The summed E-state index contributed by atoms with van der Waals surface area (Å²) in [5, 5.41) is 12.4. The van der Waals surface area contributed by atoms with Gasteiger partial charge < -0.3 is 15.2 Å². The van der Waals surface area contributed by atoms with E-state index in [0.29, 0.717) is 18.4 Å². The molecule has 116 valence electrons. The molecule has 0 bridgehead atoms. The Morgan fingerprint density at radius 2 is 2.05 bits per heavy atom. The van der Waals surface area contributed by atoms with Gasteiger partial charge in [0.1, 0.15) is 12.4 Å². The highest BCUT2D eigenvalue weighted by Crippen LogP contribution is 2.33. The summed E-state index contributed by atoms with van der Waals surface area (Å²) in [5.74, 6) is 1.40. The van der Waals surface area contributed by atoms with Crippen LogP contribution in [0.1, 0.15) is 43.5 Å². The Balaban J connectivity index is 1.69. The lowest BCUT2D eigenvalue weighted by Gasteiger charge is -2.21. The first-order chi connectivity index (χ1) is 10.1. The minimum absolute atomic E-state index is 0.283. The van der Waals surface area contributed by atoms with Crippen LogP contribution in [0.15, 0.2) is 24.3 Å². The molecule has 1 aliphatic carbocycles. The smallest absolute Gasteiger partial charge is 0.335 e. The van der Waals surface area contributed by atoms with E-state index in [1.54, 1.807) is 24.3 Å². The zero-order valence-electron chi connectivity index (χ0n) is 12.8. The van der Waals surface area contributed by atoms with E-state index >= 15 is 0 Å². The summed E-state index contributed by atoms with van der Waals surface area (Å²) < 4.78 is 5.63. The first kappa shape index (κ1) is 15.8. The molecule has 0 spiro atoms. The van der Waals surface area contributed by atoms with Crippen molar-refractivity contribution >= 4 is 5.97 Å². The normalized spacial score (nSPS) is 25.0. The summed E-state index contributed by atoms with van der Waals surface area (Å²) in [4.78, 5) is 10.8. The van der Waals surface area contributed by atoms with Gasteiger partial charge in [-0.3, -0.25) is 0 Å². The number of nitrogens with one attached hydrogen (secondary N) is 1. The first-order valence-electron chi connectivity index (χ1n) is 7.81. The van der Waals surface area contributed by atoms with E-state index in [1.165, 1.54) is 19.3 Å². The molecule has 2 rings (SSSR count). The highest BCUT2D eigenvalue weighted by Gasteiger charge is 2.30. The van der Waals surface area contributed by atoms with Gasteiger partial charge in [-0.15, -0.1) is 0 Å². The Hall–Kier alpha value is -1.55. The largest absolute Gasteiger partial charge is 0.492 e. The van der Waals surface area contributed by atoms with Crippen LogP contribution in [0, 0.1) is 11.8 Å². The zero-order chi connectivity index (χ0) is 15.2. The molecule has 1 fully saturated rings. The third-order valence-corrected chi connectivity index (χ3v) is 4.63.